The highest BCUT2D eigenvalue weighted by atomic mass is 15.2. The number of nitrogens with zero attached hydrogens (tertiary/aromatic N) is 2. The molecule has 3 nitrogen and oxygen atoms in total. The summed E-state index contributed by atoms with van der Waals surface area (Å²) in [6, 6.07) is 8.15. The smallest absolute Gasteiger partial charge is 0.155 e. The van der Waals surface area contributed by atoms with Crippen LogP contribution in [-0.2, 0) is 0 Å². The molecule has 0 unspecified atom stereocenters. The van der Waals surface area contributed by atoms with Gasteiger partial charge in [-0.25, -0.2) is 4.98 Å². The van der Waals surface area contributed by atoms with E-state index in [2.05, 4.69) is 34.2 Å². The van der Waals surface area contributed by atoms with Gasteiger partial charge in [0.25, 0.3) is 0 Å². The van der Waals surface area contributed by atoms with Gasteiger partial charge in [0, 0.05) is 5.56 Å². The fourth-order valence-corrected chi connectivity index (χ4v) is 1.06. The molecule has 0 fully saturated rings. The van der Waals surface area contributed by atoms with Gasteiger partial charge in [0.15, 0.2) is 5.82 Å². The second-order valence-corrected chi connectivity index (χ2v) is 2.70. The van der Waals surface area contributed by atoms with Gasteiger partial charge in [-0.2, -0.15) is 5.10 Å². The first kappa shape index (κ1) is 7.03. The van der Waals surface area contributed by atoms with Crippen molar-refractivity contribution in [3.05, 3.63) is 36.2 Å². The van der Waals surface area contributed by atoms with Crippen molar-refractivity contribution in [1.29, 1.82) is 0 Å². The average Bonchev–Trinajstić information content (AvgIpc) is 2.58. The van der Waals surface area contributed by atoms with Crippen molar-refractivity contribution in [2.45, 2.75) is 6.92 Å². The van der Waals surface area contributed by atoms with Crippen LogP contribution in [0.1, 0.15) is 5.56 Å². The normalized spacial score (nSPS) is 10.1. The molecule has 1 aromatic carbocycles. The van der Waals surface area contributed by atoms with E-state index in [4.69, 9.17) is 0 Å². The lowest BCUT2D eigenvalue weighted by Gasteiger charge is -1.95. The molecular weight excluding hydrogens is 150 g/mol. The van der Waals surface area contributed by atoms with E-state index in [-0.39, 0.29) is 0 Å². The number of aryl methyl sites for hydroxylation is 1. The Morgan fingerprint density at radius 1 is 1.17 bits per heavy atom. The van der Waals surface area contributed by atoms with Gasteiger partial charge in [0.05, 0.1) is 0 Å². The molecule has 0 saturated carbocycles. The van der Waals surface area contributed by atoms with Crippen LogP contribution in [0.15, 0.2) is 30.6 Å². The number of rotatable bonds is 1. The van der Waals surface area contributed by atoms with E-state index in [0.717, 1.165) is 11.4 Å². The molecule has 0 amide bonds. The number of benzene rings is 1. The second kappa shape index (κ2) is 2.77. The highest BCUT2D eigenvalue weighted by Gasteiger charge is 1.97. The second-order valence-electron chi connectivity index (χ2n) is 2.70. The first-order chi connectivity index (χ1) is 5.86. The summed E-state index contributed by atoms with van der Waals surface area (Å²) in [5.74, 6) is 0.815. The number of aromatic nitrogens is 3. The van der Waals surface area contributed by atoms with Crippen molar-refractivity contribution in [3.8, 4) is 11.4 Å². The Kier molecular flexibility index (Phi) is 1.63. The Hall–Kier alpha value is -1.64. The highest BCUT2D eigenvalue weighted by Crippen LogP contribution is 2.13. The molecular formula is C9H9N3. The monoisotopic (exact) mass is 159 g/mol. The standard InChI is InChI=1S/C9H9N3/c1-7-2-4-8(5-3-7)9-10-6-11-12-9/h2-6H,1H3,(H,10,11,12). The van der Waals surface area contributed by atoms with Crippen molar-refractivity contribution >= 4 is 0 Å². The van der Waals surface area contributed by atoms with Crippen LogP contribution < -0.4 is 0 Å². The third-order valence-electron chi connectivity index (χ3n) is 1.74. The molecule has 0 aliphatic heterocycles. The van der Waals surface area contributed by atoms with Gasteiger partial charge in [-0.1, -0.05) is 29.8 Å². The summed E-state index contributed by atoms with van der Waals surface area (Å²) in [6.45, 7) is 2.06. The van der Waals surface area contributed by atoms with Crippen LogP contribution in [0.3, 0.4) is 0 Å². The fourth-order valence-electron chi connectivity index (χ4n) is 1.06. The predicted octanol–water partition coefficient (Wildman–Crippen LogP) is 1.78. The molecule has 1 N–H and O–H groups in total. The summed E-state index contributed by atoms with van der Waals surface area (Å²) in [5, 5.41) is 6.60. The Morgan fingerprint density at radius 2 is 1.92 bits per heavy atom. The molecule has 1 aromatic heterocycles. The quantitative estimate of drug-likeness (QED) is 0.689. The predicted molar refractivity (Wildman–Crippen MR) is 46.6 cm³/mol. The summed E-state index contributed by atoms with van der Waals surface area (Å²) in [4.78, 5) is 4.05. The van der Waals surface area contributed by atoms with Gasteiger partial charge < -0.3 is 0 Å². The van der Waals surface area contributed by atoms with Crippen molar-refractivity contribution < 1.29 is 0 Å². The number of nitrogens with one attached hydrogen (secondary N) is 1. The maximum absolute atomic E-state index is 4.05. The topological polar surface area (TPSA) is 41.6 Å². The van der Waals surface area contributed by atoms with Gasteiger partial charge in [-0.3, -0.25) is 5.10 Å². The minimum absolute atomic E-state index is 0.815. The molecule has 0 saturated heterocycles. The lowest BCUT2D eigenvalue weighted by Crippen LogP contribution is -1.80. The van der Waals surface area contributed by atoms with E-state index in [0.29, 0.717) is 0 Å². The third kappa shape index (κ3) is 1.21. The maximum atomic E-state index is 4.05. The molecule has 12 heavy (non-hydrogen) atoms. The third-order valence-corrected chi connectivity index (χ3v) is 1.74. The summed E-state index contributed by atoms with van der Waals surface area (Å²) in [7, 11) is 0. The zero-order chi connectivity index (χ0) is 8.39. The first-order valence-electron chi connectivity index (χ1n) is 3.78. The van der Waals surface area contributed by atoms with Crippen LogP contribution in [0.5, 0.6) is 0 Å². The summed E-state index contributed by atoms with van der Waals surface area (Å²) >= 11 is 0. The molecule has 0 aliphatic carbocycles. The lowest BCUT2D eigenvalue weighted by atomic mass is 10.1. The Morgan fingerprint density at radius 3 is 2.50 bits per heavy atom. The molecule has 0 aliphatic rings. The molecule has 60 valence electrons. The van der Waals surface area contributed by atoms with E-state index in [1.165, 1.54) is 11.9 Å². The van der Waals surface area contributed by atoms with Crippen molar-refractivity contribution in [2.75, 3.05) is 0 Å². The SMILES string of the molecule is Cc1ccc(-c2ncn[nH]2)cc1. The first-order valence-corrected chi connectivity index (χ1v) is 3.78. The van der Waals surface area contributed by atoms with Crippen LogP contribution in [0.2, 0.25) is 0 Å². The largest absolute Gasteiger partial charge is 0.259 e. The van der Waals surface area contributed by atoms with E-state index >= 15 is 0 Å². The Balaban J connectivity index is 2.43. The molecule has 3 heteroatoms. The fraction of sp³-hybridized carbons (Fsp3) is 0.111. The number of H-pyrrole nitrogens is 1. The van der Waals surface area contributed by atoms with Gasteiger partial charge in [-0.05, 0) is 6.92 Å². The van der Waals surface area contributed by atoms with E-state index in [1.807, 2.05) is 12.1 Å². The minimum Gasteiger partial charge on any atom is -0.259 e. The van der Waals surface area contributed by atoms with Crippen LogP contribution in [0.4, 0.5) is 0 Å². The van der Waals surface area contributed by atoms with E-state index in [1.54, 1.807) is 0 Å². The molecule has 0 radical (unpaired) electrons. The maximum Gasteiger partial charge on any atom is 0.155 e. The molecule has 0 atom stereocenters. The van der Waals surface area contributed by atoms with Crippen LogP contribution in [-0.4, -0.2) is 15.2 Å². The van der Waals surface area contributed by atoms with Crippen molar-refractivity contribution in [1.82, 2.24) is 15.2 Å². The molecule has 0 spiro atoms. The van der Waals surface area contributed by atoms with Crippen LogP contribution in [0, 0.1) is 6.92 Å². The van der Waals surface area contributed by atoms with Gasteiger partial charge in [0.2, 0.25) is 0 Å². The average molecular weight is 159 g/mol. The molecule has 0 bridgehead atoms. The zero-order valence-electron chi connectivity index (χ0n) is 6.78. The van der Waals surface area contributed by atoms with E-state index in [9.17, 15) is 0 Å². The zero-order valence-corrected chi connectivity index (χ0v) is 6.78. The van der Waals surface area contributed by atoms with Gasteiger partial charge in [0.1, 0.15) is 6.33 Å². The molecule has 1 heterocycles. The highest BCUT2D eigenvalue weighted by molar-refractivity contribution is 5.54. The summed E-state index contributed by atoms with van der Waals surface area (Å²) in [5.41, 5.74) is 2.32. The summed E-state index contributed by atoms with van der Waals surface area (Å²) < 4.78 is 0. The Bertz CT molecular complexity index is 348. The number of hydrogen-bond donors (Lipinski definition) is 1. The number of hydrogen-bond acceptors (Lipinski definition) is 2. The summed E-state index contributed by atoms with van der Waals surface area (Å²) in [6.07, 6.45) is 1.51. The van der Waals surface area contributed by atoms with Gasteiger partial charge >= 0.3 is 0 Å². The van der Waals surface area contributed by atoms with Crippen LogP contribution in [0.25, 0.3) is 11.4 Å². The van der Waals surface area contributed by atoms with Crippen LogP contribution >= 0.6 is 0 Å². The Labute approximate surface area is 70.5 Å². The minimum atomic E-state index is 0.815. The van der Waals surface area contributed by atoms with E-state index < -0.39 is 0 Å². The van der Waals surface area contributed by atoms with Crippen molar-refractivity contribution in [3.63, 3.8) is 0 Å². The van der Waals surface area contributed by atoms with Crippen molar-refractivity contribution in [2.24, 2.45) is 0 Å². The lowest BCUT2D eigenvalue weighted by molar-refractivity contribution is 1.09. The molecule has 2 rings (SSSR count). The van der Waals surface area contributed by atoms with Gasteiger partial charge in [-0.15, -0.1) is 0 Å². The molecule has 2 aromatic rings. The number of aromatic amines is 1.